The highest BCUT2D eigenvalue weighted by atomic mass is 31.2. The summed E-state index contributed by atoms with van der Waals surface area (Å²) in [5.41, 5.74) is -2.40. The Bertz CT molecular complexity index is 3250. The second-order valence-electron chi connectivity index (χ2n) is 18.0. The van der Waals surface area contributed by atoms with Crippen LogP contribution in [-0.2, 0) is 55.8 Å². The van der Waals surface area contributed by atoms with E-state index in [1.165, 1.54) is 43.2 Å². The predicted octanol–water partition coefficient (Wildman–Crippen LogP) is 2.32. The molecule has 0 radical (unpaired) electrons. The molecule has 3 fully saturated rings. The minimum Gasteiger partial charge on any atom is -0.460 e. The number of hydrogen-bond donors (Lipinski definition) is 5. The number of aliphatic hydroxyl groups is 1. The standard InChI is InChI=1S/C44H54N10O18P2/c1-22(2)38(57)49-42-48-37-36(41(60)50-42)45-21-54(37)35-14-26(67-24(4)56)30(69-35)19-65-74(6,64)72-28-16-34(53-17-23(3)39(58)51-44(53)62)70-31(28)20-66-73(5,63)71-27-15-33(68-29(27)18-55)52-13-12-32(47-43(52)61)46-40(59)25-10-8-7-9-11-25/h7-13,17,21-22,26-31,33-35,55H,14-16,18-20H2,1-6H3,(H,51,58,62)(H,46,47,59,61)(H2,48,49,50,57,60)/t26-,27-,28-,29+,30+,31+,33+,34+,35+,73+,74+/m0/s1. The number of amides is 2. The van der Waals surface area contributed by atoms with Gasteiger partial charge in [0.1, 0.15) is 48.9 Å². The van der Waals surface area contributed by atoms with Crippen molar-refractivity contribution in [1.82, 2.24) is 38.6 Å². The van der Waals surface area contributed by atoms with Gasteiger partial charge in [-0.05, 0) is 25.1 Å². The van der Waals surface area contributed by atoms with Gasteiger partial charge in [-0.2, -0.15) is 9.97 Å². The van der Waals surface area contributed by atoms with Gasteiger partial charge in [0.2, 0.25) is 11.9 Å². The Morgan fingerprint density at radius 1 is 0.797 bits per heavy atom. The molecule has 0 aliphatic carbocycles. The molecule has 3 aliphatic heterocycles. The van der Waals surface area contributed by atoms with Gasteiger partial charge in [-0.1, -0.05) is 32.0 Å². The number of aliphatic hydroxyl groups excluding tert-OH is 1. The fraction of sp³-hybridized carbons (Fsp3) is 0.500. The Morgan fingerprint density at radius 2 is 1.39 bits per heavy atom. The molecular weight excluding hydrogens is 1020 g/mol. The number of esters is 1. The first-order chi connectivity index (χ1) is 35.1. The third-order valence-electron chi connectivity index (χ3n) is 12.0. The third kappa shape index (κ3) is 12.6. The Morgan fingerprint density at radius 3 is 2.01 bits per heavy atom. The summed E-state index contributed by atoms with van der Waals surface area (Å²) in [5.74, 6) is -2.12. The maximum absolute atomic E-state index is 14.2. The normalized spacial score (nSPS) is 25.4. The molecule has 1 aromatic carbocycles. The van der Waals surface area contributed by atoms with Crippen LogP contribution in [-0.4, -0.2) is 131 Å². The quantitative estimate of drug-likeness (QED) is 0.0585. The summed E-state index contributed by atoms with van der Waals surface area (Å²) in [4.78, 5) is 106. The van der Waals surface area contributed by atoms with Crippen LogP contribution in [0.15, 0.2) is 74.3 Å². The first kappa shape index (κ1) is 54.0. The van der Waals surface area contributed by atoms with Gasteiger partial charge >= 0.3 is 32.5 Å². The number of hydrogen-bond acceptors (Lipinski definition) is 21. The maximum atomic E-state index is 14.2. The van der Waals surface area contributed by atoms with Gasteiger partial charge in [-0.15, -0.1) is 0 Å². The third-order valence-corrected chi connectivity index (χ3v) is 14.6. The summed E-state index contributed by atoms with van der Waals surface area (Å²) in [6.45, 7) is 6.66. The molecule has 0 unspecified atom stereocenters. The molecule has 0 bridgehead atoms. The van der Waals surface area contributed by atoms with Crippen molar-refractivity contribution in [2.45, 2.75) is 102 Å². The highest BCUT2D eigenvalue weighted by Crippen LogP contribution is 2.52. The van der Waals surface area contributed by atoms with Crippen molar-refractivity contribution in [3.63, 3.8) is 0 Å². The molecule has 0 saturated carbocycles. The molecule has 398 valence electrons. The van der Waals surface area contributed by atoms with Gasteiger partial charge in [0.25, 0.3) is 17.0 Å². The van der Waals surface area contributed by atoms with E-state index < -0.39 is 137 Å². The number of anilines is 2. The topological polar surface area (TPSA) is 357 Å². The average Bonchev–Trinajstić information content (AvgIpc) is 4.14. The molecule has 8 rings (SSSR count). The molecule has 0 spiro atoms. The minimum atomic E-state index is -4.18. The van der Waals surface area contributed by atoms with E-state index in [2.05, 4.69) is 35.6 Å². The van der Waals surface area contributed by atoms with E-state index in [4.69, 9.17) is 37.0 Å². The van der Waals surface area contributed by atoms with Gasteiger partial charge in [-0.25, -0.2) is 14.6 Å². The summed E-state index contributed by atoms with van der Waals surface area (Å²) in [6.07, 6.45) is -6.13. The van der Waals surface area contributed by atoms with Crippen molar-refractivity contribution in [2.75, 3.05) is 43.8 Å². The van der Waals surface area contributed by atoms with Gasteiger partial charge in [-0.3, -0.25) is 62.1 Å². The molecule has 4 aromatic heterocycles. The first-order valence-electron chi connectivity index (χ1n) is 23.2. The molecule has 5 N–H and O–H groups in total. The van der Waals surface area contributed by atoms with Crippen LogP contribution in [0, 0.1) is 12.8 Å². The lowest BCUT2D eigenvalue weighted by Gasteiger charge is -2.26. The lowest BCUT2D eigenvalue weighted by Crippen LogP contribution is -2.33. The monoisotopic (exact) mass is 1070 g/mol. The lowest BCUT2D eigenvalue weighted by atomic mass is 10.2. The van der Waals surface area contributed by atoms with Crippen molar-refractivity contribution in [2.24, 2.45) is 5.92 Å². The van der Waals surface area contributed by atoms with E-state index in [0.717, 1.165) is 22.5 Å². The van der Waals surface area contributed by atoms with Crippen molar-refractivity contribution in [3.8, 4) is 0 Å². The van der Waals surface area contributed by atoms with E-state index >= 15 is 0 Å². The van der Waals surface area contributed by atoms with Crippen LogP contribution in [0.4, 0.5) is 11.8 Å². The van der Waals surface area contributed by atoms with E-state index in [-0.39, 0.29) is 47.8 Å². The highest BCUT2D eigenvalue weighted by Gasteiger charge is 2.46. The van der Waals surface area contributed by atoms with Crippen LogP contribution < -0.4 is 33.1 Å². The molecule has 5 aromatic rings. The SMILES string of the molecule is CC(=O)O[C@H]1C[C@H](n2cnc3c(=O)[nH]c(NC(=O)C(C)C)nc32)O[C@@H]1CO[P@@](C)(=O)O[C@H]1C[C@H](n2cc(C)c(=O)[nH]c2=O)O[C@@H]1CO[P@@](C)(=O)O[C@H]1C[C@H](n2ccc(NC(=O)c3ccccc3)nc2=O)O[C@@H]1CO. The number of aryl methyl sites for hydroxylation is 1. The Kier molecular flexibility index (Phi) is 16.2. The number of rotatable bonds is 19. The van der Waals surface area contributed by atoms with Crippen molar-refractivity contribution in [1.29, 1.82) is 0 Å². The number of nitrogens with zero attached hydrogens (tertiary/aromatic N) is 6. The number of aromatic nitrogens is 8. The Balaban J connectivity index is 0.939. The number of H-pyrrole nitrogens is 2. The van der Waals surface area contributed by atoms with Crippen molar-refractivity contribution < 1.29 is 65.7 Å². The van der Waals surface area contributed by atoms with Crippen LogP contribution >= 0.6 is 15.2 Å². The number of benzene rings is 1. The van der Waals surface area contributed by atoms with Crippen LogP contribution in [0.3, 0.4) is 0 Å². The van der Waals surface area contributed by atoms with Crippen LogP contribution in [0.2, 0.25) is 0 Å². The Hall–Kier alpha value is -6.32. The maximum Gasteiger partial charge on any atom is 0.351 e. The largest absolute Gasteiger partial charge is 0.460 e. The van der Waals surface area contributed by atoms with Gasteiger partial charge in [0.05, 0.1) is 38.4 Å². The predicted molar refractivity (Wildman–Crippen MR) is 258 cm³/mol. The number of nitrogens with one attached hydrogen (secondary N) is 4. The summed E-state index contributed by atoms with van der Waals surface area (Å²) >= 11 is 0. The second kappa shape index (κ2) is 22.3. The van der Waals surface area contributed by atoms with Gasteiger partial charge in [0.15, 0.2) is 11.2 Å². The zero-order chi connectivity index (χ0) is 53.2. The number of ether oxygens (including phenoxy) is 4. The first-order valence-corrected chi connectivity index (χ1v) is 27.2. The average molecular weight is 1070 g/mol. The summed E-state index contributed by atoms with van der Waals surface area (Å²) in [5, 5.41) is 15.3. The molecule has 7 heterocycles. The molecule has 28 nitrogen and oxygen atoms in total. The fourth-order valence-electron chi connectivity index (χ4n) is 8.34. The molecule has 74 heavy (non-hydrogen) atoms. The van der Waals surface area contributed by atoms with Crippen LogP contribution in [0.25, 0.3) is 11.2 Å². The number of fused-ring (bicyclic) bond motifs is 1. The highest BCUT2D eigenvalue weighted by molar-refractivity contribution is 7.53. The number of imidazole rings is 1. The van der Waals surface area contributed by atoms with Crippen LogP contribution in [0.5, 0.6) is 0 Å². The Labute approximate surface area is 419 Å². The number of aromatic amines is 2. The zero-order valence-electron chi connectivity index (χ0n) is 40.7. The number of carbonyl (C=O) groups excluding carboxylic acids is 3. The minimum absolute atomic E-state index is 0.00607. The molecule has 30 heteroatoms. The van der Waals surface area contributed by atoms with E-state index in [9.17, 15) is 47.8 Å². The molecular formula is C44H54N10O18P2. The van der Waals surface area contributed by atoms with E-state index in [1.54, 1.807) is 44.2 Å². The molecule has 2 amide bonds. The van der Waals surface area contributed by atoms with E-state index in [0.29, 0.717) is 5.56 Å². The summed E-state index contributed by atoms with van der Waals surface area (Å²) < 4.78 is 79.3. The van der Waals surface area contributed by atoms with Crippen molar-refractivity contribution in [3.05, 3.63) is 108 Å². The number of carbonyl (C=O) groups is 3. The second-order valence-corrected chi connectivity index (χ2v) is 22.1. The van der Waals surface area contributed by atoms with E-state index in [1.807, 2.05) is 0 Å². The summed E-state index contributed by atoms with van der Waals surface area (Å²) in [7, 11) is -8.30. The molecule has 3 aliphatic rings. The van der Waals surface area contributed by atoms with Gasteiger partial charge < -0.3 is 47.5 Å². The van der Waals surface area contributed by atoms with Crippen molar-refractivity contribution >= 4 is 55.9 Å². The molecule has 3 saturated heterocycles. The zero-order valence-corrected chi connectivity index (χ0v) is 42.5. The molecule has 11 atom stereocenters. The smallest absolute Gasteiger partial charge is 0.351 e. The van der Waals surface area contributed by atoms with Crippen LogP contribution in [0.1, 0.15) is 74.6 Å². The lowest BCUT2D eigenvalue weighted by molar-refractivity contribution is -0.150. The summed E-state index contributed by atoms with van der Waals surface area (Å²) in [6, 6.07) is 9.68. The fourth-order valence-corrected chi connectivity index (χ4v) is 10.7. The van der Waals surface area contributed by atoms with Gasteiger partial charge in [0, 0.05) is 69.0 Å².